The lowest BCUT2D eigenvalue weighted by atomic mass is 9.76. The van der Waals surface area contributed by atoms with E-state index in [2.05, 4.69) is 11.6 Å². The minimum atomic E-state index is -0.674. The Morgan fingerprint density at radius 2 is 2.12 bits per heavy atom. The second-order valence-corrected chi connectivity index (χ2v) is 6.34. The molecule has 5 heteroatoms. The molecule has 0 spiro atoms. The Morgan fingerprint density at radius 1 is 1.36 bits per heavy atom. The normalized spacial score (nSPS) is 20.4. The number of hydrogen-bond acceptors (Lipinski definition) is 4. The van der Waals surface area contributed by atoms with Crippen molar-refractivity contribution < 1.29 is 14.3 Å². The van der Waals surface area contributed by atoms with Gasteiger partial charge in [0.05, 0.1) is 5.41 Å². The van der Waals surface area contributed by atoms with Crippen LogP contribution in [-0.2, 0) is 9.53 Å². The van der Waals surface area contributed by atoms with Crippen LogP contribution < -0.4 is 0 Å². The van der Waals surface area contributed by atoms with Gasteiger partial charge in [-0.1, -0.05) is 30.9 Å². The zero-order valence-corrected chi connectivity index (χ0v) is 14.8. The number of benzene rings is 1. The molecule has 1 aliphatic heterocycles. The van der Waals surface area contributed by atoms with Crippen molar-refractivity contribution in [2.24, 2.45) is 10.4 Å². The van der Waals surface area contributed by atoms with Gasteiger partial charge >= 0.3 is 5.97 Å². The summed E-state index contributed by atoms with van der Waals surface area (Å²) in [5.41, 5.74) is -0.0275. The van der Waals surface area contributed by atoms with Gasteiger partial charge in [0.15, 0.2) is 0 Å². The van der Waals surface area contributed by atoms with Gasteiger partial charge in [-0.05, 0) is 44.0 Å². The van der Waals surface area contributed by atoms with E-state index >= 15 is 0 Å². The van der Waals surface area contributed by atoms with Gasteiger partial charge in [-0.25, -0.2) is 0 Å². The van der Waals surface area contributed by atoms with Crippen LogP contribution in [0.25, 0.3) is 0 Å². The van der Waals surface area contributed by atoms with Crippen LogP contribution in [0, 0.1) is 5.41 Å². The Morgan fingerprint density at radius 3 is 2.80 bits per heavy atom. The summed E-state index contributed by atoms with van der Waals surface area (Å²) in [5, 5.41) is 0. The number of rotatable bonds is 7. The van der Waals surface area contributed by atoms with Crippen LogP contribution in [0.2, 0.25) is 0 Å². The van der Waals surface area contributed by atoms with Gasteiger partial charge in [0.25, 0.3) is 5.91 Å². The van der Waals surface area contributed by atoms with Gasteiger partial charge in [-0.15, -0.1) is 0 Å². The molecule has 0 bridgehead atoms. The first-order valence-electron chi connectivity index (χ1n) is 8.66. The van der Waals surface area contributed by atoms with Crippen molar-refractivity contribution in [1.29, 1.82) is 0 Å². The second-order valence-electron chi connectivity index (χ2n) is 6.34. The fraction of sp³-hybridized carbons (Fsp3) is 0.450. The zero-order valence-electron chi connectivity index (χ0n) is 14.8. The third-order valence-corrected chi connectivity index (χ3v) is 4.58. The summed E-state index contributed by atoms with van der Waals surface area (Å²) >= 11 is 0. The topological polar surface area (TPSA) is 59.0 Å². The van der Waals surface area contributed by atoms with E-state index in [9.17, 15) is 9.59 Å². The molecule has 1 atom stereocenters. The average Bonchev–Trinajstić information content (AvgIpc) is 2.66. The van der Waals surface area contributed by atoms with Crippen molar-refractivity contribution in [3.63, 3.8) is 0 Å². The highest BCUT2D eigenvalue weighted by Crippen LogP contribution is 2.36. The van der Waals surface area contributed by atoms with E-state index < -0.39 is 5.41 Å². The highest BCUT2D eigenvalue weighted by Gasteiger charge is 2.44. The molecule has 1 heterocycles. The SMILES string of the molecule is C=CCOC(=O)C1(CCC=NC)CCCN(C(=O)c2ccccc2)C1. The van der Waals surface area contributed by atoms with E-state index in [0.29, 0.717) is 31.5 Å². The summed E-state index contributed by atoms with van der Waals surface area (Å²) in [5.74, 6) is -0.284. The van der Waals surface area contributed by atoms with Crippen molar-refractivity contribution in [3.8, 4) is 0 Å². The number of esters is 1. The Labute approximate surface area is 149 Å². The van der Waals surface area contributed by atoms with Crippen molar-refractivity contribution in [2.75, 3.05) is 26.7 Å². The van der Waals surface area contributed by atoms with Crippen LogP contribution in [0.15, 0.2) is 48.0 Å². The Hall–Kier alpha value is -2.43. The molecule has 0 radical (unpaired) electrons. The molecule has 1 aromatic carbocycles. The van der Waals surface area contributed by atoms with Crippen LogP contribution >= 0.6 is 0 Å². The first-order valence-corrected chi connectivity index (χ1v) is 8.66. The lowest BCUT2D eigenvalue weighted by molar-refractivity contribution is -0.158. The molecule has 0 N–H and O–H groups in total. The Balaban J connectivity index is 2.18. The summed E-state index contributed by atoms with van der Waals surface area (Å²) in [6, 6.07) is 9.19. The molecule has 0 aromatic heterocycles. The molecule has 1 fully saturated rings. The average molecular weight is 342 g/mol. The maximum absolute atomic E-state index is 12.8. The second kappa shape index (κ2) is 9.16. The standard InChI is InChI=1S/C20H26N2O3/c1-3-15-25-19(24)20(11-7-13-21-2)12-8-14-22(16-20)18(23)17-9-5-4-6-10-17/h3-6,9-10,13H,1,7-8,11-12,14-16H2,2H3. The van der Waals surface area contributed by atoms with Gasteiger partial charge in [0.1, 0.15) is 6.61 Å². The quantitative estimate of drug-likeness (QED) is 0.434. The first-order chi connectivity index (χ1) is 12.1. The Bertz CT molecular complexity index is 627. The molecule has 134 valence electrons. The molecule has 1 aliphatic rings. The van der Waals surface area contributed by atoms with E-state index in [0.717, 1.165) is 12.8 Å². The smallest absolute Gasteiger partial charge is 0.314 e. The third kappa shape index (κ3) is 4.78. The van der Waals surface area contributed by atoms with E-state index in [-0.39, 0.29) is 18.5 Å². The maximum Gasteiger partial charge on any atom is 0.314 e. The molecule has 0 aliphatic carbocycles. The van der Waals surface area contributed by atoms with Crippen molar-refractivity contribution >= 4 is 18.1 Å². The summed E-state index contributed by atoms with van der Waals surface area (Å²) in [6.07, 6.45) is 6.19. The highest BCUT2D eigenvalue weighted by atomic mass is 16.5. The molecule has 1 amide bonds. The first kappa shape index (κ1) is 18.9. The number of ether oxygens (including phenoxy) is 1. The largest absolute Gasteiger partial charge is 0.461 e. The van der Waals surface area contributed by atoms with Crippen LogP contribution in [0.1, 0.15) is 36.0 Å². The number of piperidine rings is 1. The maximum atomic E-state index is 12.8. The van der Waals surface area contributed by atoms with Crippen molar-refractivity contribution in [3.05, 3.63) is 48.6 Å². The zero-order chi connectivity index (χ0) is 18.1. The molecule has 0 saturated carbocycles. The molecule has 1 aromatic rings. The molecular weight excluding hydrogens is 316 g/mol. The molecule has 1 saturated heterocycles. The third-order valence-electron chi connectivity index (χ3n) is 4.58. The van der Waals surface area contributed by atoms with Crippen LogP contribution in [-0.4, -0.2) is 49.7 Å². The molecular formula is C20H26N2O3. The minimum Gasteiger partial charge on any atom is -0.461 e. The lowest BCUT2D eigenvalue weighted by Gasteiger charge is -2.41. The predicted molar refractivity (Wildman–Crippen MR) is 98.8 cm³/mol. The molecule has 2 rings (SSSR count). The van der Waals surface area contributed by atoms with Crippen LogP contribution in [0.3, 0.4) is 0 Å². The fourth-order valence-corrected chi connectivity index (χ4v) is 3.30. The molecule has 25 heavy (non-hydrogen) atoms. The summed E-state index contributed by atoms with van der Waals surface area (Å²) in [6.45, 7) is 4.83. The van der Waals surface area contributed by atoms with Gasteiger partial charge in [-0.2, -0.15) is 0 Å². The van der Waals surface area contributed by atoms with Crippen LogP contribution in [0.5, 0.6) is 0 Å². The van der Waals surface area contributed by atoms with E-state index in [1.54, 1.807) is 36.4 Å². The van der Waals surface area contributed by atoms with E-state index in [1.807, 2.05) is 18.2 Å². The molecule has 1 unspecified atom stereocenters. The summed E-state index contributed by atoms with van der Waals surface area (Å²) < 4.78 is 5.36. The van der Waals surface area contributed by atoms with Crippen LogP contribution in [0.4, 0.5) is 0 Å². The van der Waals surface area contributed by atoms with E-state index in [4.69, 9.17) is 4.74 Å². The van der Waals surface area contributed by atoms with Crippen molar-refractivity contribution in [1.82, 2.24) is 4.90 Å². The number of carbonyl (C=O) groups is 2. The van der Waals surface area contributed by atoms with Crippen molar-refractivity contribution in [2.45, 2.75) is 25.7 Å². The number of nitrogens with zero attached hydrogens (tertiary/aromatic N) is 2. The highest BCUT2D eigenvalue weighted by molar-refractivity contribution is 5.94. The number of amides is 1. The monoisotopic (exact) mass is 342 g/mol. The minimum absolute atomic E-state index is 0.0367. The molecule has 5 nitrogen and oxygen atoms in total. The number of hydrogen-bond donors (Lipinski definition) is 0. The summed E-state index contributed by atoms with van der Waals surface area (Å²) in [4.78, 5) is 31.3. The summed E-state index contributed by atoms with van der Waals surface area (Å²) in [7, 11) is 1.72. The van der Waals surface area contributed by atoms with Gasteiger partial charge in [0, 0.05) is 25.7 Å². The lowest BCUT2D eigenvalue weighted by Crippen LogP contribution is -2.50. The number of aliphatic imine (C=N–C) groups is 1. The van der Waals surface area contributed by atoms with Gasteiger partial charge in [0.2, 0.25) is 0 Å². The number of likely N-dealkylation sites (tertiary alicyclic amines) is 1. The number of carbonyl (C=O) groups excluding carboxylic acids is 2. The fourth-order valence-electron chi connectivity index (χ4n) is 3.30. The van der Waals surface area contributed by atoms with Gasteiger partial charge in [-0.3, -0.25) is 9.59 Å². The van der Waals surface area contributed by atoms with Gasteiger partial charge < -0.3 is 14.6 Å². The Kier molecular flexibility index (Phi) is 6.92. The predicted octanol–water partition coefficient (Wildman–Crippen LogP) is 3.12. The van der Waals surface area contributed by atoms with E-state index in [1.165, 1.54) is 0 Å².